The van der Waals surface area contributed by atoms with E-state index in [1.165, 1.54) is 0 Å². The van der Waals surface area contributed by atoms with Crippen LogP contribution in [0.15, 0.2) is 24.3 Å². The molecule has 25 heavy (non-hydrogen) atoms. The number of amides is 1. The second kappa shape index (κ2) is 9.20. The Kier molecular flexibility index (Phi) is 7.25. The lowest BCUT2D eigenvalue weighted by atomic mass is 9.96. The highest BCUT2D eigenvalue weighted by atomic mass is 32.2. The molecule has 7 heteroatoms. The zero-order valence-corrected chi connectivity index (χ0v) is 15.9. The van der Waals surface area contributed by atoms with Gasteiger partial charge in [0.1, 0.15) is 0 Å². The largest absolute Gasteiger partial charge is 0.339 e. The van der Waals surface area contributed by atoms with Crippen molar-refractivity contribution in [2.45, 2.75) is 33.1 Å². The summed E-state index contributed by atoms with van der Waals surface area (Å²) < 4.78 is 26.1. The third-order valence-corrected chi connectivity index (χ3v) is 5.96. The average molecular weight is 368 g/mol. The van der Waals surface area contributed by atoms with Crippen LogP contribution in [0.1, 0.15) is 43.5 Å². The van der Waals surface area contributed by atoms with E-state index in [1.54, 1.807) is 24.3 Å². The highest BCUT2D eigenvalue weighted by molar-refractivity contribution is 7.92. The molecule has 1 aromatic carbocycles. The van der Waals surface area contributed by atoms with Crippen molar-refractivity contribution in [2.75, 3.05) is 36.7 Å². The number of nitrogens with zero attached hydrogens (tertiary/aromatic N) is 1. The van der Waals surface area contributed by atoms with Crippen LogP contribution in [0.2, 0.25) is 0 Å². The number of rotatable bonds is 8. The van der Waals surface area contributed by atoms with Crippen LogP contribution in [0.25, 0.3) is 0 Å². The van der Waals surface area contributed by atoms with Gasteiger partial charge in [0.25, 0.3) is 5.91 Å². The first-order valence-electron chi connectivity index (χ1n) is 9.05. The van der Waals surface area contributed by atoms with Crippen LogP contribution in [0.3, 0.4) is 0 Å². The molecule has 0 radical (unpaired) electrons. The van der Waals surface area contributed by atoms with E-state index in [0.29, 0.717) is 23.6 Å². The molecule has 1 amide bonds. The Morgan fingerprint density at radius 2 is 1.80 bits per heavy atom. The van der Waals surface area contributed by atoms with E-state index in [4.69, 9.17) is 0 Å². The van der Waals surface area contributed by atoms with Gasteiger partial charge in [0.15, 0.2) is 0 Å². The van der Waals surface area contributed by atoms with Gasteiger partial charge in [0.2, 0.25) is 10.0 Å². The molecule has 1 aliphatic heterocycles. The van der Waals surface area contributed by atoms with Crippen molar-refractivity contribution in [1.29, 1.82) is 0 Å². The Labute approximate surface area is 151 Å². The Hall–Kier alpha value is -1.60. The molecule has 1 fully saturated rings. The SMILES string of the molecule is CCCS(=O)(=O)Nc1ccc(C(=O)N2CCC(CNCC)CC2)cc1. The van der Waals surface area contributed by atoms with Gasteiger partial charge in [-0.1, -0.05) is 13.8 Å². The summed E-state index contributed by atoms with van der Waals surface area (Å²) in [5.74, 6) is 0.749. The maximum absolute atomic E-state index is 12.6. The molecule has 1 aliphatic rings. The van der Waals surface area contributed by atoms with Crippen LogP contribution in [0.5, 0.6) is 0 Å². The predicted molar refractivity (Wildman–Crippen MR) is 101 cm³/mol. The molecule has 0 atom stereocenters. The number of sulfonamides is 1. The van der Waals surface area contributed by atoms with Gasteiger partial charge < -0.3 is 10.2 Å². The number of anilines is 1. The standard InChI is InChI=1S/C18H29N3O3S/c1-3-13-25(23,24)20-17-7-5-16(6-8-17)18(22)21-11-9-15(10-12-21)14-19-4-2/h5-8,15,19-20H,3-4,9-14H2,1-2H3. The van der Waals surface area contributed by atoms with Crippen molar-refractivity contribution in [3.05, 3.63) is 29.8 Å². The number of piperidine rings is 1. The second-order valence-electron chi connectivity index (χ2n) is 6.54. The lowest BCUT2D eigenvalue weighted by molar-refractivity contribution is 0.0690. The molecular formula is C18H29N3O3S. The first-order valence-corrected chi connectivity index (χ1v) is 10.7. The molecule has 0 saturated carbocycles. The van der Waals surface area contributed by atoms with Gasteiger partial charge >= 0.3 is 0 Å². The topological polar surface area (TPSA) is 78.5 Å². The lowest BCUT2D eigenvalue weighted by Gasteiger charge is -2.32. The van der Waals surface area contributed by atoms with E-state index in [-0.39, 0.29) is 11.7 Å². The van der Waals surface area contributed by atoms with E-state index in [9.17, 15) is 13.2 Å². The minimum absolute atomic E-state index is 0.0184. The van der Waals surface area contributed by atoms with Gasteiger partial charge in [-0.25, -0.2) is 8.42 Å². The summed E-state index contributed by atoms with van der Waals surface area (Å²) in [4.78, 5) is 14.5. The van der Waals surface area contributed by atoms with Gasteiger partial charge in [0, 0.05) is 24.3 Å². The van der Waals surface area contributed by atoms with Crippen LogP contribution in [0, 0.1) is 5.92 Å². The van der Waals surface area contributed by atoms with Crippen molar-refractivity contribution in [3.8, 4) is 0 Å². The number of hydrogen-bond acceptors (Lipinski definition) is 4. The minimum Gasteiger partial charge on any atom is -0.339 e. The van der Waals surface area contributed by atoms with Crippen LogP contribution in [0.4, 0.5) is 5.69 Å². The number of carbonyl (C=O) groups excluding carboxylic acids is 1. The van der Waals surface area contributed by atoms with E-state index < -0.39 is 10.0 Å². The molecule has 1 saturated heterocycles. The number of nitrogens with one attached hydrogen (secondary N) is 2. The monoisotopic (exact) mass is 367 g/mol. The Bertz CT molecular complexity index is 651. The number of likely N-dealkylation sites (tertiary alicyclic amines) is 1. The predicted octanol–water partition coefficient (Wildman–Crippen LogP) is 2.30. The number of carbonyl (C=O) groups is 1. The van der Waals surface area contributed by atoms with Gasteiger partial charge in [-0.2, -0.15) is 0 Å². The van der Waals surface area contributed by atoms with E-state index in [0.717, 1.165) is 39.0 Å². The molecule has 0 bridgehead atoms. The van der Waals surface area contributed by atoms with Gasteiger partial charge in [0.05, 0.1) is 5.75 Å². The molecule has 2 rings (SSSR count). The maximum Gasteiger partial charge on any atom is 0.253 e. The number of benzene rings is 1. The molecule has 1 aromatic rings. The summed E-state index contributed by atoms with van der Waals surface area (Å²) >= 11 is 0. The van der Waals surface area contributed by atoms with Crippen molar-refractivity contribution in [2.24, 2.45) is 5.92 Å². The number of hydrogen-bond donors (Lipinski definition) is 2. The van der Waals surface area contributed by atoms with Crippen LogP contribution < -0.4 is 10.0 Å². The molecule has 0 unspecified atom stereocenters. The zero-order valence-electron chi connectivity index (χ0n) is 15.1. The first kappa shape index (κ1) is 19.7. The van der Waals surface area contributed by atoms with E-state index >= 15 is 0 Å². The first-order chi connectivity index (χ1) is 11.9. The fourth-order valence-electron chi connectivity index (χ4n) is 3.05. The van der Waals surface area contributed by atoms with E-state index in [2.05, 4.69) is 17.0 Å². The van der Waals surface area contributed by atoms with Crippen molar-refractivity contribution < 1.29 is 13.2 Å². The normalized spacial score (nSPS) is 16.0. The van der Waals surface area contributed by atoms with Crippen molar-refractivity contribution in [1.82, 2.24) is 10.2 Å². The smallest absolute Gasteiger partial charge is 0.253 e. The highest BCUT2D eigenvalue weighted by Crippen LogP contribution is 2.19. The molecule has 140 valence electrons. The second-order valence-corrected chi connectivity index (χ2v) is 8.38. The third-order valence-electron chi connectivity index (χ3n) is 4.46. The maximum atomic E-state index is 12.6. The lowest BCUT2D eigenvalue weighted by Crippen LogP contribution is -2.40. The van der Waals surface area contributed by atoms with Crippen LogP contribution in [-0.2, 0) is 10.0 Å². The Morgan fingerprint density at radius 1 is 1.16 bits per heavy atom. The van der Waals surface area contributed by atoms with Crippen LogP contribution >= 0.6 is 0 Å². The summed E-state index contributed by atoms with van der Waals surface area (Å²) in [6.45, 7) is 7.48. The quantitative estimate of drug-likeness (QED) is 0.739. The molecule has 6 nitrogen and oxygen atoms in total. The summed E-state index contributed by atoms with van der Waals surface area (Å²) in [6, 6.07) is 6.68. The molecular weight excluding hydrogens is 338 g/mol. The Morgan fingerprint density at radius 3 is 2.36 bits per heavy atom. The minimum atomic E-state index is -3.30. The molecule has 0 spiro atoms. The fourth-order valence-corrected chi connectivity index (χ4v) is 4.19. The van der Waals surface area contributed by atoms with E-state index in [1.807, 2.05) is 11.8 Å². The molecule has 0 aliphatic carbocycles. The summed E-state index contributed by atoms with van der Waals surface area (Å²) in [6.07, 6.45) is 2.61. The molecule has 2 N–H and O–H groups in total. The van der Waals surface area contributed by atoms with Gasteiger partial charge in [-0.3, -0.25) is 9.52 Å². The van der Waals surface area contributed by atoms with Gasteiger partial charge in [-0.05, 0) is 62.5 Å². The Balaban J connectivity index is 1.90. The summed E-state index contributed by atoms with van der Waals surface area (Å²) in [5, 5.41) is 3.37. The van der Waals surface area contributed by atoms with Crippen LogP contribution in [-0.4, -0.2) is 51.2 Å². The van der Waals surface area contributed by atoms with Crippen molar-refractivity contribution >= 4 is 21.6 Å². The summed E-state index contributed by atoms with van der Waals surface area (Å²) in [7, 11) is -3.30. The summed E-state index contributed by atoms with van der Waals surface area (Å²) in [5.41, 5.74) is 1.10. The zero-order chi connectivity index (χ0) is 18.3. The molecule has 0 aromatic heterocycles. The van der Waals surface area contributed by atoms with Crippen molar-refractivity contribution in [3.63, 3.8) is 0 Å². The fraction of sp³-hybridized carbons (Fsp3) is 0.611. The highest BCUT2D eigenvalue weighted by Gasteiger charge is 2.23. The van der Waals surface area contributed by atoms with Gasteiger partial charge in [-0.15, -0.1) is 0 Å². The average Bonchev–Trinajstić information content (AvgIpc) is 2.60. The molecule has 1 heterocycles. The third kappa shape index (κ3) is 6.01.